The fraction of sp³-hybridized carbons (Fsp3) is 0.267. The molecule has 0 bridgehead atoms. The predicted molar refractivity (Wildman–Crippen MR) is 155 cm³/mol. The van der Waals surface area contributed by atoms with E-state index < -0.39 is 0 Å². The van der Waals surface area contributed by atoms with Crippen LogP contribution in [0, 0.1) is 11.6 Å². The second kappa shape index (κ2) is 12.9. The van der Waals surface area contributed by atoms with Crippen LogP contribution in [0.3, 0.4) is 0 Å². The Bertz CT molecular complexity index is 1680. The van der Waals surface area contributed by atoms with Crippen LogP contribution in [0.2, 0.25) is 0 Å². The molecule has 2 heterocycles. The summed E-state index contributed by atoms with van der Waals surface area (Å²) in [6.45, 7) is 0.933. The summed E-state index contributed by atoms with van der Waals surface area (Å²) in [6.07, 6.45) is 1.69. The van der Waals surface area contributed by atoms with Gasteiger partial charge in [0.25, 0.3) is 0 Å². The van der Waals surface area contributed by atoms with Gasteiger partial charge in [-0.3, -0.25) is 4.79 Å². The zero-order valence-corrected chi connectivity index (χ0v) is 23.5. The molecule has 0 saturated heterocycles. The lowest BCUT2D eigenvalue weighted by Crippen LogP contribution is -2.25. The van der Waals surface area contributed by atoms with Gasteiger partial charge in [0.15, 0.2) is 17.1 Å². The van der Waals surface area contributed by atoms with Crippen molar-refractivity contribution in [1.29, 1.82) is 0 Å². The second-order valence-electron chi connectivity index (χ2n) is 9.38. The normalized spacial score (nSPS) is 11.2. The van der Waals surface area contributed by atoms with Gasteiger partial charge in [0.05, 0.1) is 19.7 Å². The fourth-order valence-corrected chi connectivity index (χ4v) is 5.29. The highest BCUT2D eigenvalue weighted by Crippen LogP contribution is 2.29. The summed E-state index contributed by atoms with van der Waals surface area (Å²) in [7, 11) is 3.19. The molecular formula is C30H29F2N5O3S. The molecule has 5 aromatic rings. The summed E-state index contributed by atoms with van der Waals surface area (Å²) in [6, 6.07) is 16.4. The molecule has 8 nitrogen and oxygen atoms in total. The highest BCUT2D eigenvalue weighted by molar-refractivity contribution is 7.99. The molecule has 0 aliphatic carbocycles. The van der Waals surface area contributed by atoms with Gasteiger partial charge in [0, 0.05) is 30.6 Å². The Morgan fingerprint density at radius 1 is 0.927 bits per heavy atom. The van der Waals surface area contributed by atoms with Gasteiger partial charge in [-0.1, -0.05) is 30.0 Å². The van der Waals surface area contributed by atoms with E-state index in [-0.39, 0.29) is 17.5 Å². The van der Waals surface area contributed by atoms with Crippen molar-refractivity contribution in [2.24, 2.45) is 0 Å². The fourth-order valence-electron chi connectivity index (χ4n) is 4.57. The molecule has 0 radical (unpaired) electrons. The molecule has 0 aliphatic rings. The first-order chi connectivity index (χ1) is 19.9. The number of halogens is 2. The number of carbonyl (C=O) groups is 1. The number of nitrogens with one attached hydrogen (secondary N) is 1. The molecule has 0 atom stereocenters. The lowest BCUT2D eigenvalue weighted by atomic mass is 10.1. The van der Waals surface area contributed by atoms with Gasteiger partial charge in [0.2, 0.25) is 11.1 Å². The SMILES string of the molecule is COc1ccc(CCNC(=O)CCCSc2nnc3c4cc(F)ccc4n(Cc4ccc(F)cc4)c3n2)cc1OC. The standard InChI is InChI=1S/C30H29F2N5O3S/c1-39-25-12-7-19(16-26(25)40-2)13-14-33-27(38)4-3-15-41-30-34-29-28(35-36-30)23-17-22(32)10-11-24(23)37(29)18-20-5-8-21(31)9-6-20/h5-12,16-17H,3-4,13-15,18H2,1-2H3,(H,33,38). The highest BCUT2D eigenvalue weighted by Gasteiger charge is 2.16. The van der Waals surface area contributed by atoms with Gasteiger partial charge in [0.1, 0.15) is 17.2 Å². The Kier molecular flexibility index (Phi) is 8.93. The van der Waals surface area contributed by atoms with Crippen LogP contribution < -0.4 is 14.8 Å². The molecule has 212 valence electrons. The number of amides is 1. The lowest BCUT2D eigenvalue weighted by Gasteiger charge is -2.10. The molecule has 0 spiro atoms. The van der Waals surface area contributed by atoms with Crippen molar-refractivity contribution in [3.05, 3.63) is 83.4 Å². The minimum atomic E-state index is -0.374. The van der Waals surface area contributed by atoms with Crippen LogP contribution in [0.1, 0.15) is 24.0 Å². The molecule has 0 saturated carbocycles. The van der Waals surface area contributed by atoms with Gasteiger partial charge >= 0.3 is 0 Å². The van der Waals surface area contributed by atoms with Crippen molar-refractivity contribution >= 4 is 39.7 Å². The largest absolute Gasteiger partial charge is 0.493 e. The minimum absolute atomic E-state index is 0.0259. The second-order valence-corrected chi connectivity index (χ2v) is 10.4. The quantitative estimate of drug-likeness (QED) is 0.154. The van der Waals surface area contributed by atoms with Crippen molar-refractivity contribution in [3.8, 4) is 11.5 Å². The van der Waals surface area contributed by atoms with Crippen LogP contribution in [0.4, 0.5) is 8.78 Å². The monoisotopic (exact) mass is 577 g/mol. The first kappa shape index (κ1) is 28.3. The average Bonchev–Trinajstić information content (AvgIpc) is 3.28. The first-order valence-electron chi connectivity index (χ1n) is 13.1. The Hall–Kier alpha value is -4.25. The van der Waals surface area contributed by atoms with Crippen LogP contribution in [0.15, 0.2) is 65.8 Å². The summed E-state index contributed by atoms with van der Waals surface area (Å²) in [4.78, 5) is 17.1. The molecule has 11 heteroatoms. The van der Waals surface area contributed by atoms with Gasteiger partial charge < -0.3 is 19.4 Å². The van der Waals surface area contributed by atoms with E-state index in [0.29, 0.717) is 71.3 Å². The molecule has 0 unspecified atom stereocenters. The third kappa shape index (κ3) is 6.74. The van der Waals surface area contributed by atoms with E-state index in [4.69, 9.17) is 14.5 Å². The third-order valence-corrected chi connectivity index (χ3v) is 7.55. The molecule has 41 heavy (non-hydrogen) atoms. The zero-order chi connectivity index (χ0) is 28.8. The lowest BCUT2D eigenvalue weighted by molar-refractivity contribution is -0.121. The summed E-state index contributed by atoms with van der Waals surface area (Å²) in [5.74, 6) is 1.24. The van der Waals surface area contributed by atoms with E-state index in [1.54, 1.807) is 32.4 Å². The summed E-state index contributed by atoms with van der Waals surface area (Å²) in [5.41, 5.74) is 3.75. The third-order valence-electron chi connectivity index (χ3n) is 6.63. The maximum Gasteiger partial charge on any atom is 0.220 e. The Morgan fingerprint density at radius 3 is 2.46 bits per heavy atom. The summed E-state index contributed by atoms with van der Waals surface area (Å²) < 4.78 is 40.0. The van der Waals surface area contributed by atoms with Gasteiger partial charge in [-0.05, 0) is 66.4 Å². The van der Waals surface area contributed by atoms with Crippen molar-refractivity contribution in [2.75, 3.05) is 26.5 Å². The number of ether oxygens (including phenoxy) is 2. The van der Waals surface area contributed by atoms with Crippen LogP contribution in [0.5, 0.6) is 11.5 Å². The van der Waals surface area contributed by atoms with E-state index in [1.807, 2.05) is 22.8 Å². The van der Waals surface area contributed by atoms with E-state index in [9.17, 15) is 13.6 Å². The molecule has 1 N–H and O–H groups in total. The molecular weight excluding hydrogens is 548 g/mol. The molecule has 0 fully saturated rings. The number of benzene rings is 3. The predicted octanol–water partition coefficient (Wildman–Crippen LogP) is 5.55. The van der Waals surface area contributed by atoms with Crippen molar-refractivity contribution in [3.63, 3.8) is 0 Å². The average molecular weight is 578 g/mol. The van der Waals surface area contributed by atoms with Crippen LogP contribution in [-0.4, -0.2) is 52.2 Å². The number of hydrogen-bond acceptors (Lipinski definition) is 7. The molecule has 1 amide bonds. The minimum Gasteiger partial charge on any atom is -0.493 e. The number of nitrogens with zero attached hydrogens (tertiary/aromatic N) is 4. The Balaban J connectivity index is 1.18. The van der Waals surface area contributed by atoms with Crippen molar-refractivity contribution in [1.82, 2.24) is 25.1 Å². The van der Waals surface area contributed by atoms with E-state index in [1.165, 1.54) is 36.0 Å². The molecule has 5 rings (SSSR count). The number of rotatable bonds is 12. The highest BCUT2D eigenvalue weighted by atomic mass is 32.2. The van der Waals surface area contributed by atoms with Gasteiger partial charge in [-0.25, -0.2) is 13.8 Å². The maximum absolute atomic E-state index is 14.1. The van der Waals surface area contributed by atoms with Crippen molar-refractivity contribution in [2.45, 2.75) is 31.0 Å². The number of methoxy groups -OCH3 is 2. The molecule has 3 aromatic carbocycles. The van der Waals surface area contributed by atoms with Crippen molar-refractivity contribution < 1.29 is 23.0 Å². The van der Waals surface area contributed by atoms with E-state index in [0.717, 1.165) is 16.6 Å². The Morgan fingerprint density at radius 2 is 1.68 bits per heavy atom. The summed E-state index contributed by atoms with van der Waals surface area (Å²) >= 11 is 1.41. The molecule has 2 aromatic heterocycles. The maximum atomic E-state index is 14.1. The van der Waals surface area contributed by atoms with Gasteiger partial charge in [-0.2, -0.15) is 0 Å². The topological polar surface area (TPSA) is 91.2 Å². The van der Waals surface area contributed by atoms with Gasteiger partial charge in [-0.15, -0.1) is 10.2 Å². The van der Waals surface area contributed by atoms with E-state index in [2.05, 4.69) is 15.5 Å². The smallest absolute Gasteiger partial charge is 0.220 e. The number of aromatic nitrogens is 4. The van der Waals surface area contributed by atoms with Crippen LogP contribution in [0.25, 0.3) is 22.1 Å². The first-order valence-corrected chi connectivity index (χ1v) is 14.1. The number of thioether (sulfide) groups is 1. The summed E-state index contributed by atoms with van der Waals surface area (Å²) in [5, 5.41) is 12.6. The number of hydrogen-bond donors (Lipinski definition) is 1. The number of carbonyl (C=O) groups excluding carboxylic acids is 1. The van der Waals surface area contributed by atoms with Crippen LogP contribution in [-0.2, 0) is 17.8 Å². The zero-order valence-electron chi connectivity index (χ0n) is 22.7. The van der Waals surface area contributed by atoms with E-state index >= 15 is 0 Å². The van der Waals surface area contributed by atoms with Crippen LogP contribution >= 0.6 is 11.8 Å². The Labute approximate surface area is 240 Å². The number of fused-ring (bicyclic) bond motifs is 3. The molecule has 0 aliphatic heterocycles.